The molecule has 0 atom stereocenters. The fourth-order valence-electron chi connectivity index (χ4n) is 3.37. The summed E-state index contributed by atoms with van der Waals surface area (Å²) in [6.07, 6.45) is -1.27. The third kappa shape index (κ3) is 6.56. The fraction of sp³-hybridized carbons (Fsp3) is 0.304. The number of nitro benzene ring substituents is 1. The van der Waals surface area contributed by atoms with Crippen molar-refractivity contribution in [3.63, 3.8) is 0 Å². The minimum Gasteiger partial charge on any atom is -0.379 e. The first-order valence-corrected chi connectivity index (χ1v) is 10.6. The van der Waals surface area contributed by atoms with E-state index in [0.717, 1.165) is 35.5 Å². The minimum absolute atomic E-state index is 0.0170. The number of hydrogen-bond acceptors (Lipinski definition) is 5. The average Bonchev–Trinajstić information content (AvgIpc) is 3.17. The Kier molecular flexibility index (Phi) is 7.87. The van der Waals surface area contributed by atoms with Crippen molar-refractivity contribution in [1.29, 1.82) is 0 Å². The van der Waals surface area contributed by atoms with Gasteiger partial charge in [-0.05, 0) is 49.6 Å². The predicted molar refractivity (Wildman–Crippen MR) is 121 cm³/mol. The number of amides is 1. The molecule has 3 rings (SSSR count). The van der Waals surface area contributed by atoms with Gasteiger partial charge in [0.1, 0.15) is 5.69 Å². The molecule has 3 aromatic rings. The monoisotopic (exact) mass is 475 g/mol. The molecule has 8 nitrogen and oxygen atoms in total. The van der Waals surface area contributed by atoms with Crippen LogP contribution in [0.15, 0.2) is 54.7 Å². The van der Waals surface area contributed by atoms with Gasteiger partial charge in [0.05, 0.1) is 21.9 Å². The second kappa shape index (κ2) is 10.8. The lowest BCUT2D eigenvalue weighted by atomic mass is 10.1. The smallest absolute Gasteiger partial charge is 0.379 e. The zero-order chi connectivity index (χ0) is 24.7. The summed E-state index contributed by atoms with van der Waals surface area (Å²) in [6.45, 7) is 2.41. The summed E-state index contributed by atoms with van der Waals surface area (Å²) in [5.41, 5.74) is 1.09. The van der Waals surface area contributed by atoms with E-state index in [1.54, 1.807) is 0 Å². The molecule has 0 aliphatic rings. The number of nitrogens with one attached hydrogen (secondary N) is 2. The van der Waals surface area contributed by atoms with Crippen LogP contribution in [-0.4, -0.2) is 33.7 Å². The van der Waals surface area contributed by atoms with Gasteiger partial charge in [-0.1, -0.05) is 18.2 Å². The molecule has 0 spiro atoms. The molecular weight excluding hydrogens is 451 g/mol. The Morgan fingerprint density at radius 3 is 2.56 bits per heavy atom. The van der Waals surface area contributed by atoms with E-state index >= 15 is 0 Å². The van der Waals surface area contributed by atoms with Crippen LogP contribution in [0.2, 0.25) is 0 Å². The van der Waals surface area contributed by atoms with Crippen LogP contribution in [0.4, 0.5) is 24.5 Å². The molecule has 2 N–H and O–H groups in total. The second-order valence-corrected chi connectivity index (χ2v) is 7.64. The lowest BCUT2D eigenvalue weighted by Gasteiger charge is -2.10. The molecule has 0 fully saturated rings. The van der Waals surface area contributed by atoms with Crippen LogP contribution in [0, 0.1) is 17.0 Å². The van der Waals surface area contributed by atoms with Gasteiger partial charge >= 0.3 is 6.18 Å². The molecule has 0 aliphatic heterocycles. The Balaban J connectivity index is 1.43. The number of aryl methyl sites for hydroxylation is 2. The summed E-state index contributed by atoms with van der Waals surface area (Å²) in [6, 6.07) is 12.0. The van der Waals surface area contributed by atoms with Crippen LogP contribution >= 0.6 is 0 Å². The van der Waals surface area contributed by atoms with Gasteiger partial charge in [0.25, 0.3) is 5.69 Å². The summed E-state index contributed by atoms with van der Waals surface area (Å²) < 4.78 is 40.1. The van der Waals surface area contributed by atoms with Crippen LogP contribution in [0.25, 0.3) is 5.69 Å². The van der Waals surface area contributed by atoms with Crippen molar-refractivity contribution >= 4 is 17.3 Å². The normalized spacial score (nSPS) is 11.3. The van der Waals surface area contributed by atoms with E-state index in [4.69, 9.17) is 0 Å². The summed E-state index contributed by atoms with van der Waals surface area (Å²) in [5.74, 6) is -0.265. The van der Waals surface area contributed by atoms with Gasteiger partial charge in [0.15, 0.2) is 0 Å². The number of anilines is 1. The molecule has 2 aromatic carbocycles. The number of alkyl halides is 3. The topological polar surface area (TPSA) is 102 Å². The van der Waals surface area contributed by atoms with Crippen LogP contribution < -0.4 is 10.6 Å². The van der Waals surface area contributed by atoms with Gasteiger partial charge in [0, 0.05) is 31.8 Å². The number of nitro groups is 1. The highest BCUT2D eigenvalue weighted by atomic mass is 19.4. The first kappa shape index (κ1) is 24.7. The molecule has 0 unspecified atom stereocenters. The first-order valence-electron chi connectivity index (χ1n) is 10.6. The molecule has 0 aliphatic carbocycles. The summed E-state index contributed by atoms with van der Waals surface area (Å²) in [4.78, 5) is 22.3. The minimum atomic E-state index is -4.68. The predicted octanol–water partition coefficient (Wildman–Crippen LogP) is 4.66. The van der Waals surface area contributed by atoms with Gasteiger partial charge in [-0.25, -0.2) is 4.68 Å². The number of halogens is 3. The van der Waals surface area contributed by atoms with Gasteiger partial charge in [-0.2, -0.15) is 18.3 Å². The van der Waals surface area contributed by atoms with E-state index < -0.39 is 22.4 Å². The first-order chi connectivity index (χ1) is 16.1. The molecule has 1 heterocycles. The standard InChI is InChI=1S/C23H24F3N5O3/c1-16-17(15-30(29-16)19-7-3-2-4-8-19)6-5-12-28-22(32)11-13-27-20-10-9-18(23(24,25)26)14-21(20)31(33)34/h2-4,7-10,14-15,27H,5-6,11-13H2,1H3,(H,28,32). The maximum atomic E-state index is 12.8. The van der Waals surface area contributed by atoms with Gasteiger partial charge in [0.2, 0.25) is 5.91 Å². The number of nitrogens with zero attached hydrogens (tertiary/aromatic N) is 3. The van der Waals surface area contributed by atoms with Crippen LogP contribution in [0.3, 0.4) is 0 Å². The highest BCUT2D eigenvalue weighted by molar-refractivity contribution is 5.76. The number of carbonyl (C=O) groups excluding carboxylic acids is 1. The zero-order valence-electron chi connectivity index (χ0n) is 18.4. The molecule has 11 heteroatoms. The summed E-state index contributed by atoms with van der Waals surface area (Å²) in [7, 11) is 0. The van der Waals surface area contributed by atoms with E-state index in [-0.39, 0.29) is 24.6 Å². The average molecular weight is 475 g/mol. The van der Waals surface area contributed by atoms with Gasteiger partial charge in [-0.3, -0.25) is 14.9 Å². The van der Waals surface area contributed by atoms with E-state index in [1.807, 2.05) is 48.1 Å². The van der Waals surface area contributed by atoms with Crippen LogP contribution in [-0.2, 0) is 17.4 Å². The highest BCUT2D eigenvalue weighted by Gasteiger charge is 2.33. The van der Waals surface area contributed by atoms with Crippen molar-refractivity contribution in [3.8, 4) is 5.69 Å². The Morgan fingerprint density at radius 2 is 1.88 bits per heavy atom. The molecule has 1 aromatic heterocycles. The Labute approximate surface area is 193 Å². The Hall–Kier alpha value is -3.89. The van der Waals surface area contributed by atoms with Crippen LogP contribution in [0.1, 0.15) is 29.7 Å². The van der Waals surface area contributed by atoms with Gasteiger partial charge < -0.3 is 10.6 Å². The largest absolute Gasteiger partial charge is 0.416 e. The lowest BCUT2D eigenvalue weighted by molar-refractivity contribution is -0.384. The molecule has 180 valence electrons. The highest BCUT2D eigenvalue weighted by Crippen LogP contribution is 2.34. The maximum absolute atomic E-state index is 12.8. The third-order valence-corrected chi connectivity index (χ3v) is 5.16. The SMILES string of the molecule is Cc1nn(-c2ccccc2)cc1CCCNC(=O)CCNc1ccc(C(F)(F)F)cc1[N+](=O)[O-]. The molecule has 0 saturated carbocycles. The van der Waals surface area contributed by atoms with Crippen molar-refractivity contribution < 1.29 is 22.9 Å². The third-order valence-electron chi connectivity index (χ3n) is 5.16. The molecule has 34 heavy (non-hydrogen) atoms. The molecule has 1 amide bonds. The zero-order valence-corrected chi connectivity index (χ0v) is 18.4. The molecule has 0 radical (unpaired) electrons. The number of rotatable bonds is 10. The van der Waals surface area contributed by atoms with E-state index in [0.29, 0.717) is 19.0 Å². The van der Waals surface area contributed by atoms with Crippen molar-refractivity contribution in [1.82, 2.24) is 15.1 Å². The number of hydrogen-bond donors (Lipinski definition) is 2. The number of para-hydroxylation sites is 1. The quantitative estimate of drug-likeness (QED) is 0.252. The molecule has 0 saturated heterocycles. The number of aromatic nitrogens is 2. The van der Waals surface area contributed by atoms with Crippen molar-refractivity contribution in [2.75, 3.05) is 18.4 Å². The van der Waals surface area contributed by atoms with Crippen LogP contribution in [0.5, 0.6) is 0 Å². The van der Waals surface area contributed by atoms with Crippen molar-refractivity contribution in [2.45, 2.75) is 32.4 Å². The van der Waals surface area contributed by atoms with E-state index in [9.17, 15) is 28.1 Å². The Bertz CT molecular complexity index is 1150. The Morgan fingerprint density at radius 1 is 1.15 bits per heavy atom. The number of carbonyl (C=O) groups is 1. The van der Waals surface area contributed by atoms with Crippen molar-refractivity contribution in [3.05, 3.63) is 81.7 Å². The maximum Gasteiger partial charge on any atom is 0.416 e. The molecule has 0 bridgehead atoms. The van der Waals surface area contributed by atoms with Gasteiger partial charge in [-0.15, -0.1) is 0 Å². The van der Waals surface area contributed by atoms with E-state index in [1.165, 1.54) is 0 Å². The summed E-state index contributed by atoms with van der Waals surface area (Å²) in [5, 5.41) is 21.1. The number of benzene rings is 2. The van der Waals surface area contributed by atoms with Crippen molar-refractivity contribution in [2.24, 2.45) is 0 Å². The summed E-state index contributed by atoms with van der Waals surface area (Å²) >= 11 is 0. The fourth-order valence-corrected chi connectivity index (χ4v) is 3.37. The molecular formula is C23H24F3N5O3. The van der Waals surface area contributed by atoms with E-state index in [2.05, 4.69) is 15.7 Å². The second-order valence-electron chi connectivity index (χ2n) is 7.64. The lowest BCUT2D eigenvalue weighted by Crippen LogP contribution is -2.26.